The predicted octanol–water partition coefficient (Wildman–Crippen LogP) is 3.55. The number of nitrogens with zero attached hydrogens (tertiary/aromatic N) is 3. The van der Waals surface area contributed by atoms with Crippen molar-refractivity contribution >= 4 is 41.3 Å². The first-order chi connectivity index (χ1) is 12.5. The first-order valence-corrected chi connectivity index (χ1v) is 8.52. The summed E-state index contributed by atoms with van der Waals surface area (Å²) in [4.78, 5) is 23.7. The third-order valence-electron chi connectivity index (χ3n) is 4.43. The number of ether oxygens (including phenoxy) is 1. The second-order valence-corrected chi connectivity index (χ2v) is 6.52. The van der Waals surface area contributed by atoms with E-state index in [4.69, 9.17) is 20.8 Å². The first-order valence-electron chi connectivity index (χ1n) is 8.14. The molecular weight excluding hydrogens is 356 g/mol. The molecule has 0 aliphatic carbocycles. The van der Waals surface area contributed by atoms with Gasteiger partial charge in [-0.1, -0.05) is 11.6 Å². The lowest BCUT2D eigenvalue weighted by atomic mass is 10.1. The molecule has 0 spiro atoms. The van der Waals surface area contributed by atoms with Gasteiger partial charge < -0.3 is 19.4 Å². The second-order valence-electron chi connectivity index (χ2n) is 6.11. The number of aryl methyl sites for hydroxylation is 2. The molecule has 8 heteroatoms. The fourth-order valence-electron chi connectivity index (χ4n) is 3.13. The molecule has 0 saturated carbocycles. The molecule has 1 N–H and O–H groups in total. The van der Waals surface area contributed by atoms with Crippen LogP contribution in [-0.2, 0) is 0 Å². The molecule has 0 fully saturated rings. The Kier molecular flexibility index (Phi) is 3.96. The number of methoxy groups -OCH3 is 1. The van der Waals surface area contributed by atoms with Crippen molar-refractivity contribution in [2.75, 3.05) is 25.5 Å². The molecule has 0 radical (unpaired) electrons. The van der Waals surface area contributed by atoms with Crippen molar-refractivity contribution in [1.82, 2.24) is 4.90 Å². The van der Waals surface area contributed by atoms with Crippen LogP contribution in [0.4, 0.5) is 11.6 Å². The highest BCUT2D eigenvalue weighted by Crippen LogP contribution is 2.36. The van der Waals surface area contributed by atoms with Gasteiger partial charge in [-0.05, 0) is 25.5 Å². The van der Waals surface area contributed by atoms with Crippen LogP contribution in [-0.4, -0.2) is 43.2 Å². The minimum absolute atomic E-state index is 0.306. The van der Waals surface area contributed by atoms with Gasteiger partial charge in [-0.2, -0.15) is 0 Å². The maximum absolute atomic E-state index is 13.0. The zero-order valence-corrected chi connectivity index (χ0v) is 15.3. The molecule has 1 aromatic carbocycles. The SMILES string of the molecule is COc1cc(Cl)c(C)cc1NC(=O)c1c(C)oc2c1C1=NCCN1C=N2. The minimum atomic E-state index is -0.306. The van der Waals surface area contributed by atoms with E-state index in [1.54, 1.807) is 25.4 Å². The normalized spacial score (nSPS) is 14.8. The summed E-state index contributed by atoms with van der Waals surface area (Å²) in [5.74, 6) is 1.80. The van der Waals surface area contributed by atoms with Gasteiger partial charge in [0.05, 0.1) is 30.5 Å². The number of aliphatic imine (C=N–C) groups is 2. The van der Waals surface area contributed by atoms with Crippen LogP contribution in [0.3, 0.4) is 0 Å². The lowest BCUT2D eigenvalue weighted by Gasteiger charge is -2.18. The van der Waals surface area contributed by atoms with Crippen LogP contribution in [0.25, 0.3) is 0 Å². The first kappa shape index (κ1) is 16.7. The van der Waals surface area contributed by atoms with E-state index in [0.717, 1.165) is 17.9 Å². The Bertz CT molecular complexity index is 977. The monoisotopic (exact) mass is 372 g/mol. The molecule has 4 rings (SSSR count). The second kappa shape index (κ2) is 6.17. The number of amides is 1. The van der Waals surface area contributed by atoms with Crippen LogP contribution in [0.2, 0.25) is 5.02 Å². The van der Waals surface area contributed by atoms with Crippen molar-refractivity contribution in [1.29, 1.82) is 0 Å². The highest BCUT2D eigenvalue weighted by Gasteiger charge is 2.33. The lowest BCUT2D eigenvalue weighted by molar-refractivity contribution is 0.102. The Hall–Kier alpha value is -2.80. The van der Waals surface area contributed by atoms with Gasteiger partial charge in [-0.15, -0.1) is 0 Å². The molecule has 3 heterocycles. The van der Waals surface area contributed by atoms with Gasteiger partial charge in [-0.25, -0.2) is 4.99 Å². The number of hydrogen-bond donors (Lipinski definition) is 1. The average Bonchev–Trinajstić information content (AvgIpc) is 3.20. The number of rotatable bonds is 3. The van der Waals surface area contributed by atoms with Gasteiger partial charge >= 0.3 is 0 Å². The van der Waals surface area contributed by atoms with E-state index in [9.17, 15) is 4.79 Å². The van der Waals surface area contributed by atoms with E-state index in [-0.39, 0.29) is 5.91 Å². The van der Waals surface area contributed by atoms with Crippen LogP contribution in [0.1, 0.15) is 27.2 Å². The number of carbonyl (C=O) groups excluding carboxylic acids is 1. The number of amidine groups is 1. The topological polar surface area (TPSA) is 79.4 Å². The van der Waals surface area contributed by atoms with Crippen molar-refractivity contribution in [2.45, 2.75) is 13.8 Å². The molecule has 1 amide bonds. The van der Waals surface area contributed by atoms with Crippen LogP contribution >= 0.6 is 11.6 Å². The molecule has 0 atom stereocenters. The molecule has 2 aliphatic rings. The van der Waals surface area contributed by atoms with Crippen LogP contribution in [0.15, 0.2) is 26.5 Å². The third kappa shape index (κ3) is 2.55. The number of carbonyl (C=O) groups is 1. The molecule has 1 aromatic heterocycles. The molecule has 2 aromatic rings. The van der Waals surface area contributed by atoms with Crippen molar-refractivity contribution < 1.29 is 13.9 Å². The minimum Gasteiger partial charge on any atom is -0.495 e. The maximum Gasteiger partial charge on any atom is 0.260 e. The summed E-state index contributed by atoms with van der Waals surface area (Å²) < 4.78 is 11.0. The zero-order chi connectivity index (χ0) is 18.4. The lowest BCUT2D eigenvalue weighted by Crippen LogP contribution is -2.30. The average molecular weight is 373 g/mol. The van der Waals surface area contributed by atoms with Crippen molar-refractivity contribution in [3.8, 4) is 5.75 Å². The highest BCUT2D eigenvalue weighted by atomic mass is 35.5. The largest absolute Gasteiger partial charge is 0.495 e. The van der Waals surface area contributed by atoms with E-state index < -0.39 is 0 Å². The molecule has 0 saturated heterocycles. The molecule has 0 unspecified atom stereocenters. The summed E-state index contributed by atoms with van der Waals surface area (Å²) in [5.41, 5.74) is 2.43. The number of nitrogens with one attached hydrogen (secondary N) is 1. The van der Waals surface area contributed by atoms with Crippen LogP contribution < -0.4 is 10.1 Å². The van der Waals surface area contributed by atoms with Gasteiger partial charge in [0.25, 0.3) is 5.91 Å². The van der Waals surface area contributed by atoms with Gasteiger partial charge in [0, 0.05) is 17.6 Å². The zero-order valence-electron chi connectivity index (χ0n) is 14.6. The fourth-order valence-corrected chi connectivity index (χ4v) is 3.29. The number of halogens is 1. The van der Waals surface area contributed by atoms with E-state index >= 15 is 0 Å². The van der Waals surface area contributed by atoms with Gasteiger partial charge in [0.2, 0.25) is 5.88 Å². The number of benzene rings is 1. The van der Waals surface area contributed by atoms with Crippen LogP contribution in [0.5, 0.6) is 5.75 Å². The van der Waals surface area contributed by atoms with E-state index in [1.165, 1.54) is 7.11 Å². The highest BCUT2D eigenvalue weighted by molar-refractivity contribution is 6.31. The van der Waals surface area contributed by atoms with E-state index in [0.29, 0.717) is 45.8 Å². The summed E-state index contributed by atoms with van der Waals surface area (Å²) in [6.45, 7) is 5.01. The van der Waals surface area contributed by atoms with Gasteiger partial charge in [0.1, 0.15) is 23.7 Å². The summed E-state index contributed by atoms with van der Waals surface area (Å²) in [7, 11) is 1.53. The number of hydrogen-bond acceptors (Lipinski definition) is 6. The Morgan fingerprint density at radius 3 is 2.96 bits per heavy atom. The standard InChI is InChI=1S/C18H17ClN4O3/c1-9-6-12(13(25-3)7-11(9)19)22-17(24)14-10(2)26-18-15(14)16-20-4-5-23(16)8-21-18/h6-8H,4-5H2,1-3H3,(H,22,24). The Labute approximate surface area is 155 Å². The molecule has 134 valence electrons. The third-order valence-corrected chi connectivity index (χ3v) is 4.84. The molecule has 26 heavy (non-hydrogen) atoms. The smallest absolute Gasteiger partial charge is 0.260 e. The quantitative estimate of drug-likeness (QED) is 0.893. The summed E-state index contributed by atoms with van der Waals surface area (Å²) in [5, 5.41) is 3.47. The van der Waals surface area contributed by atoms with Crippen LogP contribution in [0, 0.1) is 13.8 Å². The van der Waals surface area contributed by atoms with Crippen molar-refractivity contribution in [2.24, 2.45) is 9.98 Å². The molecular formula is C18H17ClN4O3. The summed E-state index contributed by atoms with van der Waals surface area (Å²) in [6, 6.07) is 3.45. The number of anilines is 1. The van der Waals surface area contributed by atoms with Gasteiger partial charge in [-0.3, -0.25) is 9.79 Å². The maximum atomic E-state index is 13.0. The summed E-state index contributed by atoms with van der Waals surface area (Å²) in [6.07, 6.45) is 1.68. The van der Waals surface area contributed by atoms with E-state index in [1.807, 2.05) is 11.8 Å². The number of fused-ring (bicyclic) bond motifs is 3. The Morgan fingerprint density at radius 2 is 2.19 bits per heavy atom. The molecule has 7 nitrogen and oxygen atoms in total. The van der Waals surface area contributed by atoms with Gasteiger partial charge in [0.15, 0.2) is 0 Å². The fraction of sp³-hybridized carbons (Fsp3) is 0.278. The van der Waals surface area contributed by atoms with Crippen molar-refractivity contribution in [3.05, 3.63) is 39.6 Å². The number of furan rings is 1. The Balaban J connectivity index is 1.74. The molecule has 2 aliphatic heterocycles. The van der Waals surface area contributed by atoms with E-state index in [2.05, 4.69) is 15.3 Å². The Morgan fingerprint density at radius 1 is 1.38 bits per heavy atom. The summed E-state index contributed by atoms with van der Waals surface area (Å²) >= 11 is 6.14. The predicted molar refractivity (Wildman–Crippen MR) is 100 cm³/mol. The molecule has 0 bridgehead atoms. The van der Waals surface area contributed by atoms with Crippen molar-refractivity contribution in [3.63, 3.8) is 0 Å².